The molecule has 0 unspecified atom stereocenters. The molecule has 0 spiro atoms. The van der Waals surface area contributed by atoms with E-state index in [-0.39, 0.29) is 0 Å². The lowest BCUT2D eigenvalue weighted by Crippen LogP contribution is -2.46. The highest BCUT2D eigenvalue weighted by Crippen LogP contribution is 2.20. The van der Waals surface area contributed by atoms with Crippen molar-refractivity contribution in [2.75, 3.05) is 37.6 Å². The Hall–Kier alpha value is -2.11. The minimum absolute atomic E-state index is 0.806. The first-order valence-corrected chi connectivity index (χ1v) is 9.18. The summed E-state index contributed by atoms with van der Waals surface area (Å²) >= 11 is 6.10. The van der Waals surface area contributed by atoms with Crippen LogP contribution in [0.4, 0.5) is 5.69 Å². The number of aromatic nitrogens is 3. The average molecular weight is 356 g/mol. The molecule has 0 radical (unpaired) electrons. The van der Waals surface area contributed by atoms with E-state index in [1.165, 1.54) is 5.69 Å². The van der Waals surface area contributed by atoms with Gasteiger partial charge in [-0.3, -0.25) is 4.90 Å². The second-order valence-corrected chi connectivity index (χ2v) is 6.90. The third-order valence-electron chi connectivity index (χ3n) is 4.81. The molecule has 130 valence electrons. The normalized spacial score (nSPS) is 15.8. The van der Waals surface area contributed by atoms with E-state index in [9.17, 15) is 0 Å². The summed E-state index contributed by atoms with van der Waals surface area (Å²) in [5, 5.41) is 9.29. The maximum atomic E-state index is 6.10. The van der Waals surface area contributed by atoms with Crippen molar-refractivity contribution in [2.24, 2.45) is 0 Å². The molecule has 0 amide bonds. The van der Waals surface area contributed by atoms with Crippen molar-refractivity contribution in [3.05, 3.63) is 53.6 Å². The Bertz CT molecular complexity index is 838. The number of nitrogens with zero attached hydrogens (tertiary/aromatic N) is 5. The molecule has 0 saturated carbocycles. The molecule has 5 nitrogen and oxygen atoms in total. The lowest BCUT2D eigenvalue weighted by atomic mass is 10.2. The standard InChI is InChI=1S/C19H22ClN5/c20-16-5-3-6-17(15-16)24-13-11-23(12-14-24)9-4-10-25-19-8-2-1-7-18(19)21-22-25/h1-3,5-8,15H,4,9-14H2. The lowest BCUT2D eigenvalue weighted by Gasteiger charge is -2.36. The van der Waals surface area contributed by atoms with Gasteiger partial charge >= 0.3 is 0 Å². The van der Waals surface area contributed by atoms with Crippen LogP contribution in [0.1, 0.15) is 6.42 Å². The van der Waals surface area contributed by atoms with E-state index in [2.05, 4.69) is 32.2 Å². The first kappa shape index (κ1) is 16.4. The number of aryl methyl sites for hydroxylation is 1. The van der Waals surface area contributed by atoms with E-state index in [1.54, 1.807) is 0 Å². The van der Waals surface area contributed by atoms with Gasteiger partial charge in [0.1, 0.15) is 5.52 Å². The van der Waals surface area contributed by atoms with Crippen LogP contribution in [0.5, 0.6) is 0 Å². The summed E-state index contributed by atoms with van der Waals surface area (Å²) in [6.07, 6.45) is 1.09. The Labute approximate surface area is 152 Å². The molecular formula is C19H22ClN5. The molecule has 1 fully saturated rings. The molecule has 2 heterocycles. The summed E-state index contributed by atoms with van der Waals surface area (Å²) in [6, 6.07) is 16.3. The summed E-state index contributed by atoms with van der Waals surface area (Å²) in [4.78, 5) is 4.94. The minimum Gasteiger partial charge on any atom is -0.369 e. The molecule has 0 aliphatic carbocycles. The zero-order chi connectivity index (χ0) is 17.1. The molecular weight excluding hydrogens is 334 g/mol. The van der Waals surface area contributed by atoms with Crippen LogP contribution >= 0.6 is 11.6 Å². The number of anilines is 1. The largest absolute Gasteiger partial charge is 0.369 e. The highest BCUT2D eigenvalue weighted by atomic mass is 35.5. The molecule has 1 aliphatic heterocycles. The van der Waals surface area contributed by atoms with Gasteiger partial charge < -0.3 is 4.90 Å². The van der Waals surface area contributed by atoms with Crippen LogP contribution in [0, 0.1) is 0 Å². The summed E-state index contributed by atoms with van der Waals surface area (Å²) in [5.41, 5.74) is 3.31. The zero-order valence-corrected chi connectivity index (χ0v) is 14.9. The molecule has 1 aromatic heterocycles. The van der Waals surface area contributed by atoms with E-state index < -0.39 is 0 Å². The van der Waals surface area contributed by atoms with Gasteiger partial charge in [-0.1, -0.05) is 35.0 Å². The predicted octanol–water partition coefficient (Wildman–Crippen LogP) is 3.30. The second-order valence-electron chi connectivity index (χ2n) is 6.46. The van der Waals surface area contributed by atoms with Crippen LogP contribution < -0.4 is 4.90 Å². The van der Waals surface area contributed by atoms with Crippen LogP contribution in [0.3, 0.4) is 0 Å². The van der Waals surface area contributed by atoms with E-state index in [1.807, 2.05) is 41.1 Å². The van der Waals surface area contributed by atoms with Crippen molar-refractivity contribution < 1.29 is 0 Å². The number of piperazine rings is 1. The van der Waals surface area contributed by atoms with Crippen LogP contribution in [0.15, 0.2) is 48.5 Å². The van der Waals surface area contributed by atoms with Crippen LogP contribution in [-0.4, -0.2) is 52.6 Å². The van der Waals surface area contributed by atoms with Gasteiger partial charge in [0, 0.05) is 50.0 Å². The number of para-hydroxylation sites is 1. The molecule has 1 aliphatic rings. The topological polar surface area (TPSA) is 37.2 Å². The third kappa shape index (κ3) is 3.78. The number of hydrogen-bond donors (Lipinski definition) is 0. The average Bonchev–Trinajstić information content (AvgIpc) is 3.06. The number of rotatable bonds is 5. The van der Waals surface area contributed by atoms with Crippen molar-refractivity contribution in [3.63, 3.8) is 0 Å². The lowest BCUT2D eigenvalue weighted by molar-refractivity contribution is 0.249. The monoisotopic (exact) mass is 355 g/mol. The van der Waals surface area contributed by atoms with E-state index in [0.717, 1.165) is 61.7 Å². The number of hydrogen-bond acceptors (Lipinski definition) is 4. The molecule has 0 N–H and O–H groups in total. The first-order valence-electron chi connectivity index (χ1n) is 8.81. The van der Waals surface area contributed by atoms with Gasteiger partial charge in [0.05, 0.1) is 5.52 Å². The number of fused-ring (bicyclic) bond motifs is 1. The Kier molecular flexibility index (Phi) is 4.85. The number of benzene rings is 2. The van der Waals surface area contributed by atoms with Gasteiger partial charge in [-0.25, -0.2) is 4.68 Å². The summed E-state index contributed by atoms with van der Waals surface area (Å²) in [7, 11) is 0. The molecule has 0 bridgehead atoms. The Morgan fingerprint density at radius 2 is 1.76 bits per heavy atom. The molecule has 25 heavy (non-hydrogen) atoms. The summed E-state index contributed by atoms with van der Waals surface area (Å²) in [6.45, 7) is 6.28. The van der Waals surface area contributed by atoms with Gasteiger partial charge in [-0.15, -0.1) is 5.10 Å². The van der Waals surface area contributed by atoms with Gasteiger partial charge in [0.2, 0.25) is 0 Å². The first-order chi connectivity index (χ1) is 12.3. The smallest absolute Gasteiger partial charge is 0.113 e. The summed E-state index contributed by atoms with van der Waals surface area (Å²) < 4.78 is 2.01. The fourth-order valence-corrected chi connectivity index (χ4v) is 3.61. The van der Waals surface area contributed by atoms with Crippen molar-refractivity contribution in [1.82, 2.24) is 19.9 Å². The van der Waals surface area contributed by atoms with Crippen molar-refractivity contribution in [3.8, 4) is 0 Å². The fourth-order valence-electron chi connectivity index (χ4n) is 3.43. The van der Waals surface area contributed by atoms with E-state index in [4.69, 9.17) is 11.6 Å². The van der Waals surface area contributed by atoms with Crippen molar-refractivity contribution >= 4 is 28.3 Å². The van der Waals surface area contributed by atoms with Crippen molar-refractivity contribution in [1.29, 1.82) is 0 Å². The quantitative estimate of drug-likeness (QED) is 0.703. The Balaban J connectivity index is 1.26. The maximum Gasteiger partial charge on any atom is 0.113 e. The second kappa shape index (κ2) is 7.42. The molecule has 3 aromatic rings. The Morgan fingerprint density at radius 3 is 2.60 bits per heavy atom. The van der Waals surface area contributed by atoms with E-state index in [0.29, 0.717) is 0 Å². The molecule has 1 saturated heterocycles. The summed E-state index contributed by atoms with van der Waals surface area (Å²) in [5.74, 6) is 0. The van der Waals surface area contributed by atoms with Gasteiger partial charge in [-0.2, -0.15) is 0 Å². The molecule has 0 atom stereocenters. The highest BCUT2D eigenvalue weighted by Gasteiger charge is 2.17. The Morgan fingerprint density at radius 1 is 0.920 bits per heavy atom. The molecule has 2 aromatic carbocycles. The van der Waals surface area contributed by atoms with Crippen LogP contribution in [-0.2, 0) is 6.54 Å². The molecule has 6 heteroatoms. The van der Waals surface area contributed by atoms with Crippen LogP contribution in [0.25, 0.3) is 11.0 Å². The van der Waals surface area contributed by atoms with E-state index >= 15 is 0 Å². The SMILES string of the molecule is Clc1cccc(N2CCN(CCCn3nnc4ccccc43)CC2)c1. The van der Waals surface area contributed by atoms with Gasteiger partial charge in [0.15, 0.2) is 0 Å². The fraction of sp³-hybridized carbons (Fsp3) is 0.368. The molecule has 4 rings (SSSR count). The third-order valence-corrected chi connectivity index (χ3v) is 5.05. The predicted molar refractivity (Wildman–Crippen MR) is 102 cm³/mol. The zero-order valence-electron chi connectivity index (χ0n) is 14.2. The maximum absolute atomic E-state index is 6.10. The minimum atomic E-state index is 0.806. The van der Waals surface area contributed by atoms with Gasteiger partial charge in [-0.05, 0) is 36.8 Å². The van der Waals surface area contributed by atoms with Crippen molar-refractivity contribution in [2.45, 2.75) is 13.0 Å². The van der Waals surface area contributed by atoms with Gasteiger partial charge in [0.25, 0.3) is 0 Å². The van der Waals surface area contributed by atoms with Crippen LogP contribution in [0.2, 0.25) is 5.02 Å². The highest BCUT2D eigenvalue weighted by molar-refractivity contribution is 6.30. The number of halogens is 1.